The highest BCUT2D eigenvalue weighted by Crippen LogP contribution is 2.17. The number of hydrogen-bond acceptors (Lipinski definition) is 5. The van der Waals surface area contributed by atoms with E-state index >= 15 is 0 Å². The lowest BCUT2D eigenvalue weighted by Gasteiger charge is -2.24. The van der Waals surface area contributed by atoms with E-state index in [2.05, 4.69) is 4.98 Å². The minimum absolute atomic E-state index is 0.285. The fourth-order valence-corrected chi connectivity index (χ4v) is 2.66. The molecule has 0 saturated heterocycles. The lowest BCUT2D eigenvalue weighted by molar-refractivity contribution is -0.149. The van der Waals surface area contributed by atoms with Crippen LogP contribution in [0.5, 0.6) is 0 Å². The number of anilines is 1. The second kappa shape index (κ2) is 8.31. The zero-order valence-electron chi connectivity index (χ0n) is 15.2. The van der Waals surface area contributed by atoms with Crippen LogP contribution in [0.25, 0.3) is 17.2 Å². The minimum atomic E-state index is -0.911. The van der Waals surface area contributed by atoms with Crippen LogP contribution in [0.3, 0.4) is 0 Å². The molecule has 3 rings (SSSR count). The first-order valence-corrected chi connectivity index (χ1v) is 8.69. The maximum atomic E-state index is 12.6. The van der Waals surface area contributed by atoms with Crippen LogP contribution in [0.4, 0.5) is 5.69 Å². The molecular weight excluding hydrogens is 344 g/mol. The van der Waals surface area contributed by atoms with Gasteiger partial charge in [-0.05, 0) is 38.1 Å². The van der Waals surface area contributed by atoms with Gasteiger partial charge in [-0.25, -0.2) is 9.78 Å². The van der Waals surface area contributed by atoms with Crippen molar-refractivity contribution in [2.45, 2.75) is 20.0 Å². The quantitative estimate of drug-likeness (QED) is 0.491. The predicted octanol–water partition coefficient (Wildman–Crippen LogP) is 3.83. The molecular formula is C21H20N2O4. The first kappa shape index (κ1) is 18.4. The SMILES string of the molecule is CCN(C(=O)[C@H](C)OC(=O)/C=C/c1nc2ccccc2o1)c1ccccc1. The molecule has 1 amide bonds. The Labute approximate surface area is 157 Å². The fourth-order valence-electron chi connectivity index (χ4n) is 2.66. The smallest absolute Gasteiger partial charge is 0.331 e. The Morgan fingerprint density at radius 1 is 1.15 bits per heavy atom. The van der Waals surface area contributed by atoms with Crippen molar-refractivity contribution < 1.29 is 18.7 Å². The number of oxazole rings is 1. The number of carbonyl (C=O) groups excluding carboxylic acids is 2. The molecule has 138 valence electrons. The first-order valence-electron chi connectivity index (χ1n) is 8.69. The number of rotatable bonds is 6. The Kier molecular flexibility index (Phi) is 5.66. The third-order valence-electron chi connectivity index (χ3n) is 3.96. The summed E-state index contributed by atoms with van der Waals surface area (Å²) >= 11 is 0. The molecule has 1 atom stereocenters. The van der Waals surface area contributed by atoms with Crippen LogP contribution >= 0.6 is 0 Å². The maximum absolute atomic E-state index is 12.6. The van der Waals surface area contributed by atoms with Crippen molar-refractivity contribution in [3.63, 3.8) is 0 Å². The molecule has 27 heavy (non-hydrogen) atoms. The van der Waals surface area contributed by atoms with E-state index in [1.807, 2.05) is 55.5 Å². The Balaban J connectivity index is 1.63. The van der Waals surface area contributed by atoms with E-state index < -0.39 is 12.1 Å². The number of nitrogens with zero attached hydrogens (tertiary/aromatic N) is 2. The summed E-state index contributed by atoms with van der Waals surface area (Å²) in [5.74, 6) is -0.624. The Hall–Kier alpha value is -3.41. The number of likely N-dealkylation sites (N-methyl/N-ethyl adjacent to an activating group) is 1. The summed E-state index contributed by atoms with van der Waals surface area (Å²) < 4.78 is 10.7. The monoisotopic (exact) mass is 364 g/mol. The summed E-state index contributed by atoms with van der Waals surface area (Å²) in [5, 5.41) is 0. The van der Waals surface area contributed by atoms with Gasteiger partial charge in [0, 0.05) is 24.4 Å². The van der Waals surface area contributed by atoms with Gasteiger partial charge in [-0.2, -0.15) is 0 Å². The van der Waals surface area contributed by atoms with Crippen LogP contribution in [-0.2, 0) is 14.3 Å². The highest BCUT2D eigenvalue weighted by molar-refractivity contribution is 5.98. The van der Waals surface area contributed by atoms with Gasteiger partial charge >= 0.3 is 5.97 Å². The number of benzene rings is 2. The van der Waals surface area contributed by atoms with E-state index in [1.54, 1.807) is 17.9 Å². The third kappa shape index (κ3) is 4.41. The zero-order chi connectivity index (χ0) is 19.2. The second-order valence-corrected chi connectivity index (χ2v) is 5.85. The van der Waals surface area contributed by atoms with Crippen molar-refractivity contribution in [3.05, 3.63) is 66.6 Å². The van der Waals surface area contributed by atoms with E-state index in [1.165, 1.54) is 12.2 Å². The molecule has 3 aromatic rings. The van der Waals surface area contributed by atoms with Crippen molar-refractivity contribution in [3.8, 4) is 0 Å². The molecule has 0 saturated carbocycles. The highest BCUT2D eigenvalue weighted by atomic mass is 16.5. The van der Waals surface area contributed by atoms with Crippen LogP contribution in [0.1, 0.15) is 19.7 Å². The van der Waals surface area contributed by atoms with E-state index in [0.717, 1.165) is 5.69 Å². The van der Waals surface area contributed by atoms with Gasteiger partial charge in [0.25, 0.3) is 5.91 Å². The van der Waals surface area contributed by atoms with Crippen molar-refractivity contribution in [1.29, 1.82) is 0 Å². The molecule has 0 spiro atoms. The minimum Gasteiger partial charge on any atom is -0.449 e. The lowest BCUT2D eigenvalue weighted by atomic mass is 10.2. The van der Waals surface area contributed by atoms with Crippen LogP contribution in [0, 0.1) is 0 Å². The molecule has 1 heterocycles. The number of amides is 1. The van der Waals surface area contributed by atoms with E-state index in [0.29, 0.717) is 23.5 Å². The molecule has 6 heteroatoms. The van der Waals surface area contributed by atoms with Crippen molar-refractivity contribution in [2.24, 2.45) is 0 Å². The summed E-state index contributed by atoms with van der Waals surface area (Å²) in [6, 6.07) is 16.6. The molecule has 0 unspecified atom stereocenters. The van der Waals surface area contributed by atoms with Gasteiger partial charge in [0.05, 0.1) is 0 Å². The van der Waals surface area contributed by atoms with Gasteiger partial charge in [0.1, 0.15) is 5.52 Å². The van der Waals surface area contributed by atoms with Crippen LogP contribution in [0.15, 0.2) is 65.1 Å². The maximum Gasteiger partial charge on any atom is 0.331 e. The lowest BCUT2D eigenvalue weighted by Crippen LogP contribution is -2.39. The van der Waals surface area contributed by atoms with Crippen molar-refractivity contribution in [1.82, 2.24) is 4.98 Å². The average molecular weight is 364 g/mol. The average Bonchev–Trinajstić information content (AvgIpc) is 3.10. The van der Waals surface area contributed by atoms with Gasteiger partial charge in [-0.3, -0.25) is 4.79 Å². The highest BCUT2D eigenvalue weighted by Gasteiger charge is 2.23. The van der Waals surface area contributed by atoms with Gasteiger partial charge in [0.15, 0.2) is 11.7 Å². The largest absolute Gasteiger partial charge is 0.449 e. The topological polar surface area (TPSA) is 72.6 Å². The molecule has 0 bridgehead atoms. The van der Waals surface area contributed by atoms with Crippen molar-refractivity contribution in [2.75, 3.05) is 11.4 Å². The number of hydrogen-bond donors (Lipinski definition) is 0. The van der Waals surface area contributed by atoms with Crippen LogP contribution in [-0.4, -0.2) is 29.5 Å². The van der Waals surface area contributed by atoms with Crippen molar-refractivity contribution >= 4 is 34.7 Å². The van der Waals surface area contributed by atoms with Gasteiger partial charge in [-0.1, -0.05) is 30.3 Å². The predicted molar refractivity (Wildman–Crippen MR) is 103 cm³/mol. The summed E-state index contributed by atoms with van der Waals surface area (Å²) in [5.41, 5.74) is 2.10. The number of ether oxygens (including phenoxy) is 1. The molecule has 0 fully saturated rings. The standard InChI is InChI=1S/C21H20N2O4/c1-3-23(16-9-5-4-6-10-16)21(25)15(2)26-20(24)14-13-19-22-17-11-7-8-12-18(17)27-19/h4-15H,3H2,1-2H3/b14-13+/t15-/m0/s1. The van der Waals surface area contributed by atoms with E-state index in [-0.39, 0.29) is 5.91 Å². The molecule has 0 aliphatic carbocycles. The number of fused-ring (bicyclic) bond motifs is 1. The fraction of sp³-hybridized carbons (Fsp3) is 0.190. The number of aromatic nitrogens is 1. The van der Waals surface area contributed by atoms with Gasteiger partial charge in [-0.15, -0.1) is 0 Å². The zero-order valence-corrected chi connectivity index (χ0v) is 15.2. The Morgan fingerprint density at radius 2 is 1.85 bits per heavy atom. The van der Waals surface area contributed by atoms with E-state index in [9.17, 15) is 9.59 Å². The molecule has 1 aromatic heterocycles. The summed E-state index contributed by atoms with van der Waals surface area (Å²) in [6.45, 7) is 3.90. The summed E-state index contributed by atoms with van der Waals surface area (Å²) in [6.07, 6.45) is 1.72. The Morgan fingerprint density at radius 3 is 2.56 bits per heavy atom. The number of para-hydroxylation sites is 3. The van der Waals surface area contributed by atoms with Gasteiger partial charge < -0.3 is 14.1 Å². The molecule has 0 aliphatic heterocycles. The van der Waals surface area contributed by atoms with Crippen LogP contribution < -0.4 is 4.90 Å². The molecule has 6 nitrogen and oxygen atoms in total. The Bertz CT molecular complexity index is 929. The normalized spacial score (nSPS) is 12.2. The van der Waals surface area contributed by atoms with E-state index in [4.69, 9.17) is 9.15 Å². The van der Waals surface area contributed by atoms with Gasteiger partial charge in [0.2, 0.25) is 5.89 Å². The number of esters is 1. The molecule has 0 N–H and O–H groups in total. The molecule has 0 aliphatic rings. The third-order valence-corrected chi connectivity index (χ3v) is 3.96. The number of carbonyl (C=O) groups is 2. The summed E-state index contributed by atoms with van der Waals surface area (Å²) in [4.78, 5) is 30.5. The van der Waals surface area contributed by atoms with Crippen LogP contribution in [0.2, 0.25) is 0 Å². The molecule has 0 radical (unpaired) electrons. The molecule has 2 aromatic carbocycles. The second-order valence-electron chi connectivity index (χ2n) is 5.85. The first-order chi connectivity index (χ1) is 13.1. The summed E-state index contributed by atoms with van der Waals surface area (Å²) in [7, 11) is 0.